The first-order chi connectivity index (χ1) is 24.5. The molecule has 14 heteroatoms. The summed E-state index contributed by atoms with van der Waals surface area (Å²) in [5.41, 5.74) is 2.34. The number of hydrogen-bond donors (Lipinski definition) is 1. The number of amides is 2. The lowest BCUT2D eigenvalue weighted by molar-refractivity contribution is -0.150. The molecule has 51 heavy (non-hydrogen) atoms. The van der Waals surface area contributed by atoms with E-state index in [0.29, 0.717) is 55.0 Å². The van der Waals surface area contributed by atoms with Crippen molar-refractivity contribution in [1.29, 1.82) is 0 Å². The van der Waals surface area contributed by atoms with Gasteiger partial charge in [0.15, 0.2) is 11.9 Å². The molecule has 2 aliphatic rings. The van der Waals surface area contributed by atoms with Gasteiger partial charge < -0.3 is 24.2 Å². The van der Waals surface area contributed by atoms with Crippen LogP contribution in [-0.4, -0.2) is 94.2 Å². The van der Waals surface area contributed by atoms with Crippen LogP contribution in [0.4, 0.5) is 4.39 Å². The summed E-state index contributed by atoms with van der Waals surface area (Å²) in [4.78, 5) is 49.4. The van der Waals surface area contributed by atoms with Crippen LogP contribution in [-0.2, 0) is 42.9 Å². The zero-order valence-electron chi connectivity index (χ0n) is 28.5. The Morgan fingerprint density at radius 2 is 1.75 bits per heavy atom. The van der Waals surface area contributed by atoms with Gasteiger partial charge >= 0.3 is 13.6 Å². The van der Waals surface area contributed by atoms with Gasteiger partial charge in [0.25, 0.3) is 5.91 Å². The molecule has 2 aliphatic heterocycles. The summed E-state index contributed by atoms with van der Waals surface area (Å²) < 4.78 is 44.0. The number of aromatic nitrogens is 1. The highest BCUT2D eigenvalue weighted by Gasteiger charge is 2.37. The number of carbonyl (C=O) groups is 3. The second kappa shape index (κ2) is 15.6. The quantitative estimate of drug-likeness (QED) is 0.146. The third kappa shape index (κ3) is 8.22. The number of aromatic hydroxyl groups is 1. The summed E-state index contributed by atoms with van der Waals surface area (Å²) in [6.45, 7) is 5.89. The molecule has 2 atom stereocenters. The molecule has 0 saturated carbocycles. The minimum Gasteiger partial charge on any atom is -0.505 e. The summed E-state index contributed by atoms with van der Waals surface area (Å²) in [5, 5.41) is 11.8. The number of hydrogen-bond acceptors (Lipinski definition) is 10. The van der Waals surface area contributed by atoms with Crippen molar-refractivity contribution in [3.05, 3.63) is 101 Å². The number of benzene rings is 3. The van der Waals surface area contributed by atoms with Gasteiger partial charge in [0, 0.05) is 57.4 Å². The van der Waals surface area contributed by atoms with Crippen LogP contribution in [0.25, 0.3) is 10.9 Å². The van der Waals surface area contributed by atoms with Crippen LogP contribution >= 0.6 is 7.60 Å². The highest BCUT2D eigenvalue weighted by molar-refractivity contribution is 7.54. The predicted molar refractivity (Wildman–Crippen MR) is 187 cm³/mol. The van der Waals surface area contributed by atoms with E-state index in [4.69, 9.17) is 13.8 Å². The minimum atomic E-state index is -3.79. The molecular weight excluding hydrogens is 678 g/mol. The second-order valence-electron chi connectivity index (χ2n) is 12.5. The average Bonchev–Trinajstić information content (AvgIpc) is 3.46. The third-order valence-electron chi connectivity index (χ3n) is 9.06. The van der Waals surface area contributed by atoms with E-state index >= 15 is 0 Å². The molecule has 0 aliphatic carbocycles. The van der Waals surface area contributed by atoms with Crippen LogP contribution in [0, 0.1) is 5.82 Å². The number of nitrogens with zero attached hydrogens (tertiary/aromatic N) is 4. The Balaban J connectivity index is 1.12. The van der Waals surface area contributed by atoms with Crippen LogP contribution in [0.2, 0.25) is 0 Å². The Morgan fingerprint density at radius 1 is 1.02 bits per heavy atom. The molecular formula is C37H40FN4O8P. The van der Waals surface area contributed by atoms with E-state index in [1.807, 2.05) is 0 Å². The second-order valence-corrected chi connectivity index (χ2v) is 14.6. The molecule has 0 bridgehead atoms. The van der Waals surface area contributed by atoms with E-state index in [2.05, 4.69) is 9.88 Å². The van der Waals surface area contributed by atoms with E-state index in [0.717, 1.165) is 5.56 Å². The van der Waals surface area contributed by atoms with Crippen molar-refractivity contribution in [2.45, 2.75) is 39.5 Å². The van der Waals surface area contributed by atoms with Crippen LogP contribution < -0.4 is 4.52 Å². The van der Waals surface area contributed by atoms with Gasteiger partial charge in [-0.25, -0.2) is 13.8 Å². The molecule has 6 rings (SSSR count). The first-order valence-electron chi connectivity index (χ1n) is 16.9. The van der Waals surface area contributed by atoms with E-state index < -0.39 is 19.7 Å². The average molecular weight is 719 g/mol. The number of para-hydroxylation sites is 1. The van der Waals surface area contributed by atoms with E-state index in [-0.39, 0.29) is 66.7 Å². The van der Waals surface area contributed by atoms with Crippen molar-refractivity contribution in [1.82, 2.24) is 19.7 Å². The maximum absolute atomic E-state index is 13.9. The number of halogens is 1. The molecule has 3 aromatic carbocycles. The topological polar surface area (TPSA) is 139 Å². The lowest BCUT2D eigenvalue weighted by atomic mass is 9.94. The highest BCUT2D eigenvalue weighted by Crippen LogP contribution is 2.49. The van der Waals surface area contributed by atoms with Crippen LogP contribution in [0.15, 0.2) is 72.9 Å². The van der Waals surface area contributed by atoms with Crippen molar-refractivity contribution < 1.29 is 42.2 Å². The van der Waals surface area contributed by atoms with Gasteiger partial charge in [-0.05, 0) is 60.9 Å². The van der Waals surface area contributed by atoms with Gasteiger partial charge in [-0.3, -0.25) is 24.0 Å². The highest BCUT2D eigenvalue weighted by atomic mass is 31.2. The summed E-state index contributed by atoms with van der Waals surface area (Å²) in [6, 6.07) is 18.0. The molecule has 1 fully saturated rings. The molecule has 0 spiro atoms. The van der Waals surface area contributed by atoms with Crippen LogP contribution in [0.3, 0.4) is 0 Å². The molecule has 1 saturated heterocycles. The Labute approximate surface area is 295 Å². The number of rotatable bonds is 13. The third-order valence-corrected chi connectivity index (χ3v) is 10.9. The van der Waals surface area contributed by atoms with Gasteiger partial charge in [0.2, 0.25) is 5.91 Å². The number of carbonyl (C=O) groups excluding carboxylic acids is 3. The molecule has 0 radical (unpaired) electrons. The Kier molecular flexibility index (Phi) is 11.0. The van der Waals surface area contributed by atoms with Gasteiger partial charge in [0.1, 0.15) is 17.1 Å². The number of fused-ring (bicyclic) bond motifs is 2. The first-order valence-corrected chi connectivity index (χ1v) is 18.6. The van der Waals surface area contributed by atoms with Gasteiger partial charge in [-0.1, -0.05) is 36.4 Å². The zero-order chi connectivity index (χ0) is 36.1. The number of piperazine rings is 1. The number of ether oxygens (including phenoxy) is 1. The lowest BCUT2D eigenvalue weighted by Gasteiger charge is -2.35. The Hall–Kier alpha value is -4.84. The Bertz CT molecular complexity index is 1950. The fourth-order valence-electron chi connectivity index (χ4n) is 6.43. The molecule has 1 N–H and O–H groups in total. The maximum Gasteiger partial charge on any atom is 0.381 e. The number of pyridine rings is 1. The van der Waals surface area contributed by atoms with E-state index in [9.17, 15) is 28.4 Å². The first kappa shape index (κ1) is 36.0. The smallest absolute Gasteiger partial charge is 0.381 e. The normalized spacial score (nSPS) is 16.5. The van der Waals surface area contributed by atoms with E-state index in [1.165, 1.54) is 25.3 Å². The standard InChI is InChI=1S/C37H40FN4O8P/c1-3-48-37(46)25(2)49-51(47,50-28-8-5-4-6-9-28)21-20-40-16-18-41(19-17-40)32(43)22-30-29-10-7-15-39-34(29)35(44)33-31(30)24-42(36(33)45)23-26-11-13-27(38)14-12-26/h4-15,25,44H,3,16-24H2,1-2H3. The van der Waals surface area contributed by atoms with Crippen molar-refractivity contribution in [2.24, 2.45) is 0 Å². The van der Waals surface area contributed by atoms with Crippen molar-refractivity contribution in [2.75, 3.05) is 45.5 Å². The molecule has 3 heterocycles. The van der Waals surface area contributed by atoms with Gasteiger partial charge in [-0.15, -0.1) is 0 Å². The molecule has 268 valence electrons. The van der Waals surface area contributed by atoms with Crippen molar-refractivity contribution in [3.63, 3.8) is 0 Å². The summed E-state index contributed by atoms with van der Waals surface area (Å²) in [7, 11) is -3.79. The number of phenols is 1. The monoisotopic (exact) mass is 718 g/mol. The van der Waals surface area contributed by atoms with Crippen LogP contribution in [0.1, 0.15) is 40.9 Å². The molecule has 1 aromatic heterocycles. The van der Waals surface area contributed by atoms with Gasteiger partial charge in [-0.2, -0.15) is 0 Å². The SMILES string of the molecule is CCOC(=O)C(C)OP(=O)(CCN1CCN(C(=O)Cc2c3c(c(O)c4ncccc24)C(=O)N(Cc2ccc(F)cc2)C3)CC1)Oc1ccccc1. The zero-order valence-corrected chi connectivity index (χ0v) is 29.4. The largest absolute Gasteiger partial charge is 0.505 e. The molecule has 4 aromatic rings. The summed E-state index contributed by atoms with van der Waals surface area (Å²) in [5.74, 6) is -1.38. The number of phenolic OH excluding ortho intramolecular Hbond substituents is 1. The fraction of sp³-hybridized carbons (Fsp3) is 0.351. The number of esters is 1. The molecule has 12 nitrogen and oxygen atoms in total. The fourth-order valence-corrected chi connectivity index (χ4v) is 8.21. The van der Waals surface area contributed by atoms with Crippen molar-refractivity contribution >= 4 is 36.3 Å². The summed E-state index contributed by atoms with van der Waals surface area (Å²) >= 11 is 0. The minimum absolute atomic E-state index is 0.00216. The summed E-state index contributed by atoms with van der Waals surface area (Å²) in [6.07, 6.45) is 0.455. The predicted octanol–water partition coefficient (Wildman–Crippen LogP) is 5.16. The van der Waals surface area contributed by atoms with Gasteiger partial charge in [0.05, 0.1) is 24.8 Å². The Morgan fingerprint density at radius 3 is 2.45 bits per heavy atom. The lowest BCUT2D eigenvalue weighted by Crippen LogP contribution is -2.49. The van der Waals surface area contributed by atoms with Crippen molar-refractivity contribution in [3.8, 4) is 11.5 Å². The molecule has 2 unspecified atom stereocenters. The van der Waals surface area contributed by atoms with E-state index in [1.54, 1.807) is 71.3 Å². The van der Waals surface area contributed by atoms with Crippen LogP contribution in [0.5, 0.6) is 11.5 Å². The molecule has 2 amide bonds. The maximum atomic E-state index is 13.9.